The molecule has 2 aromatic carbocycles. The summed E-state index contributed by atoms with van der Waals surface area (Å²) in [6, 6.07) is 12.5. The number of hydrogen-bond acceptors (Lipinski definition) is 4. The highest BCUT2D eigenvalue weighted by atomic mass is 32.2. The van der Waals surface area contributed by atoms with E-state index in [4.69, 9.17) is 4.74 Å². The Kier molecular flexibility index (Phi) is 8.74. The van der Waals surface area contributed by atoms with Gasteiger partial charge in [-0.05, 0) is 58.9 Å². The first kappa shape index (κ1) is 23.3. The zero-order chi connectivity index (χ0) is 22.1. The van der Waals surface area contributed by atoms with Crippen LogP contribution in [-0.4, -0.2) is 24.1 Å². The van der Waals surface area contributed by atoms with Crippen LogP contribution in [0.4, 0.5) is 5.69 Å². The number of carbonyl (C=O) groups is 2. The van der Waals surface area contributed by atoms with Gasteiger partial charge in [-0.1, -0.05) is 49.2 Å². The summed E-state index contributed by atoms with van der Waals surface area (Å²) >= 11 is 1.53. The van der Waals surface area contributed by atoms with Crippen LogP contribution in [0, 0.1) is 6.92 Å². The molecular formula is C24H27NO4S. The van der Waals surface area contributed by atoms with Crippen LogP contribution in [0.2, 0.25) is 0 Å². The third-order valence-electron chi connectivity index (χ3n) is 4.41. The molecule has 0 aliphatic rings. The van der Waals surface area contributed by atoms with Crippen LogP contribution in [0.1, 0.15) is 40.7 Å². The molecule has 0 aliphatic carbocycles. The van der Waals surface area contributed by atoms with E-state index < -0.39 is 5.97 Å². The number of para-hydroxylation sites is 1. The third-order valence-corrected chi connectivity index (χ3v) is 5.34. The summed E-state index contributed by atoms with van der Waals surface area (Å²) in [4.78, 5) is 25.3. The molecule has 158 valence electrons. The number of methoxy groups -OCH3 is 1. The molecular weight excluding hydrogens is 398 g/mol. The van der Waals surface area contributed by atoms with Gasteiger partial charge in [0, 0.05) is 12.8 Å². The minimum Gasteiger partial charge on any atom is -0.496 e. The second-order valence-electron chi connectivity index (χ2n) is 6.92. The Morgan fingerprint density at radius 1 is 1.10 bits per heavy atom. The predicted octanol–water partition coefficient (Wildman–Crippen LogP) is 5.81. The molecule has 0 aliphatic heterocycles. The molecule has 1 amide bonds. The van der Waals surface area contributed by atoms with E-state index in [1.165, 1.54) is 17.8 Å². The van der Waals surface area contributed by atoms with Crippen LogP contribution in [0.15, 0.2) is 65.4 Å². The first-order valence-corrected chi connectivity index (χ1v) is 10.4. The number of hydrogen-bond donors (Lipinski definition) is 2. The number of carboxylic acids is 1. The summed E-state index contributed by atoms with van der Waals surface area (Å²) in [7, 11) is 1.66. The highest BCUT2D eigenvalue weighted by Gasteiger charge is 2.12. The van der Waals surface area contributed by atoms with Gasteiger partial charge in [0.1, 0.15) is 5.75 Å². The van der Waals surface area contributed by atoms with E-state index in [1.807, 2.05) is 25.1 Å². The number of benzene rings is 2. The predicted molar refractivity (Wildman–Crippen MR) is 123 cm³/mol. The third kappa shape index (κ3) is 7.12. The Morgan fingerprint density at radius 3 is 2.53 bits per heavy atom. The van der Waals surface area contributed by atoms with Crippen LogP contribution in [0.5, 0.6) is 5.75 Å². The number of allylic oxidation sites excluding steroid dienone is 2. The number of aryl methyl sites for hydroxylation is 1. The second-order valence-corrected chi connectivity index (χ2v) is 8.28. The molecule has 6 heteroatoms. The summed E-state index contributed by atoms with van der Waals surface area (Å²) in [5.41, 5.74) is 2.60. The Hall–Kier alpha value is -2.99. The van der Waals surface area contributed by atoms with Crippen molar-refractivity contribution in [3.63, 3.8) is 0 Å². The van der Waals surface area contributed by atoms with Gasteiger partial charge in [-0.25, -0.2) is 4.79 Å². The lowest BCUT2D eigenvalue weighted by atomic mass is 10.1. The van der Waals surface area contributed by atoms with E-state index in [-0.39, 0.29) is 17.9 Å². The molecule has 0 unspecified atom stereocenters. The molecule has 0 atom stereocenters. The molecule has 5 nitrogen and oxygen atoms in total. The molecule has 0 fully saturated rings. The highest BCUT2D eigenvalue weighted by Crippen LogP contribution is 2.32. The number of ether oxygens (including phenoxy) is 1. The SMILES string of the molecule is C=C(CCCC(=O)Nc1ccccc1C(=O)O)SC(=C)Cc1ccc(C)cc1OC. The Morgan fingerprint density at radius 2 is 1.83 bits per heavy atom. The smallest absolute Gasteiger partial charge is 0.337 e. The summed E-state index contributed by atoms with van der Waals surface area (Å²) in [5, 5.41) is 11.9. The van der Waals surface area contributed by atoms with Gasteiger partial charge < -0.3 is 15.2 Å². The lowest BCUT2D eigenvalue weighted by molar-refractivity contribution is -0.116. The van der Waals surface area contributed by atoms with Crippen LogP contribution < -0.4 is 10.1 Å². The van der Waals surface area contributed by atoms with Crippen molar-refractivity contribution in [3.8, 4) is 5.75 Å². The van der Waals surface area contributed by atoms with E-state index in [0.29, 0.717) is 24.9 Å². The van der Waals surface area contributed by atoms with E-state index in [1.54, 1.807) is 25.3 Å². The van der Waals surface area contributed by atoms with Gasteiger partial charge in [-0.15, -0.1) is 0 Å². The van der Waals surface area contributed by atoms with Crippen molar-refractivity contribution < 1.29 is 19.4 Å². The van der Waals surface area contributed by atoms with Crippen molar-refractivity contribution in [2.24, 2.45) is 0 Å². The molecule has 0 bridgehead atoms. The van der Waals surface area contributed by atoms with E-state index >= 15 is 0 Å². The number of nitrogens with one attached hydrogen (secondary N) is 1. The van der Waals surface area contributed by atoms with Crippen LogP contribution >= 0.6 is 11.8 Å². The molecule has 0 radical (unpaired) electrons. The zero-order valence-corrected chi connectivity index (χ0v) is 18.2. The lowest BCUT2D eigenvalue weighted by Crippen LogP contribution is -2.14. The molecule has 0 saturated carbocycles. The van der Waals surface area contributed by atoms with E-state index in [9.17, 15) is 14.7 Å². The van der Waals surface area contributed by atoms with Crippen LogP contribution in [0.25, 0.3) is 0 Å². The average molecular weight is 426 g/mol. The van der Waals surface area contributed by atoms with Crippen molar-refractivity contribution >= 4 is 29.3 Å². The van der Waals surface area contributed by atoms with Crippen LogP contribution in [0.3, 0.4) is 0 Å². The van der Waals surface area contributed by atoms with Gasteiger partial charge in [0.05, 0.1) is 18.4 Å². The van der Waals surface area contributed by atoms with Gasteiger partial charge in [-0.2, -0.15) is 0 Å². The fourth-order valence-corrected chi connectivity index (χ4v) is 3.82. The molecule has 0 spiro atoms. The fourth-order valence-electron chi connectivity index (χ4n) is 2.94. The second kappa shape index (κ2) is 11.3. The van der Waals surface area contributed by atoms with Crippen molar-refractivity contribution in [1.82, 2.24) is 0 Å². The number of amides is 1. The topological polar surface area (TPSA) is 75.6 Å². The number of carbonyl (C=O) groups excluding carboxylic acids is 1. The molecule has 30 heavy (non-hydrogen) atoms. The van der Waals surface area contributed by atoms with Gasteiger partial charge in [-0.3, -0.25) is 4.79 Å². The molecule has 0 heterocycles. The van der Waals surface area contributed by atoms with Gasteiger partial charge in [0.25, 0.3) is 0 Å². The number of aromatic carboxylic acids is 1. The summed E-state index contributed by atoms with van der Waals surface area (Å²) in [6.07, 6.45) is 2.25. The van der Waals surface area contributed by atoms with E-state index in [0.717, 1.165) is 26.7 Å². The van der Waals surface area contributed by atoms with Crippen LogP contribution in [-0.2, 0) is 11.2 Å². The van der Waals surface area contributed by atoms with Crippen molar-refractivity contribution in [3.05, 3.63) is 82.1 Å². The quantitative estimate of drug-likeness (QED) is 0.475. The zero-order valence-electron chi connectivity index (χ0n) is 17.4. The largest absolute Gasteiger partial charge is 0.496 e. The average Bonchev–Trinajstić information content (AvgIpc) is 2.69. The summed E-state index contributed by atoms with van der Waals surface area (Å²) in [6.45, 7) is 10.2. The fraction of sp³-hybridized carbons (Fsp3) is 0.250. The number of carboxylic acid groups (broad SMARTS) is 1. The Labute approximate surface area is 181 Å². The summed E-state index contributed by atoms with van der Waals surface area (Å²) in [5.74, 6) is -0.440. The van der Waals surface area contributed by atoms with Gasteiger partial charge in [0.2, 0.25) is 5.91 Å². The normalized spacial score (nSPS) is 10.3. The van der Waals surface area contributed by atoms with Crippen molar-refractivity contribution in [2.75, 3.05) is 12.4 Å². The first-order valence-electron chi connectivity index (χ1n) is 9.59. The minimum atomic E-state index is -1.07. The molecule has 2 aromatic rings. The lowest BCUT2D eigenvalue weighted by Gasteiger charge is -2.12. The first-order chi connectivity index (χ1) is 14.3. The van der Waals surface area contributed by atoms with Crippen molar-refractivity contribution in [1.29, 1.82) is 0 Å². The monoisotopic (exact) mass is 425 g/mol. The number of rotatable bonds is 11. The minimum absolute atomic E-state index is 0.0775. The Bertz CT molecular complexity index is 952. The molecule has 0 aromatic heterocycles. The van der Waals surface area contributed by atoms with Gasteiger partial charge in [0.15, 0.2) is 0 Å². The highest BCUT2D eigenvalue weighted by molar-refractivity contribution is 8.06. The maximum atomic E-state index is 12.2. The maximum Gasteiger partial charge on any atom is 0.337 e. The molecule has 2 rings (SSSR count). The standard InChI is InChI=1S/C24H27NO4S/c1-16-12-13-19(22(14-16)29-4)15-18(3)30-17(2)8-7-11-23(26)25-21-10-6-5-9-20(21)24(27)28/h5-6,9-10,12-14H,2-3,7-8,11,15H2,1,4H3,(H,25,26)(H,27,28). The van der Waals surface area contributed by atoms with Crippen molar-refractivity contribution in [2.45, 2.75) is 32.6 Å². The molecule has 0 saturated heterocycles. The van der Waals surface area contributed by atoms with Gasteiger partial charge >= 0.3 is 5.97 Å². The number of thioether (sulfide) groups is 1. The summed E-state index contributed by atoms with van der Waals surface area (Å²) < 4.78 is 5.44. The molecule has 2 N–H and O–H groups in total. The number of anilines is 1. The van der Waals surface area contributed by atoms with E-state index in [2.05, 4.69) is 18.5 Å². The maximum absolute atomic E-state index is 12.2. The Balaban J connectivity index is 1.78.